The fourth-order valence-electron chi connectivity index (χ4n) is 2.44. The van der Waals surface area contributed by atoms with Gasteiger partial charge in [-0.25, -0.2) is 0 Å². The molecule has 0 aromatic rings. The number of methoxy groups -OCH3 is 1. The van der Waals surface area contributed by atoms with E-state index in [1.807, 2.05) is 34.6 Å². The first-order chi connectivity index (χ1) is 10.1. The zero-order chi connectivity index (χ0) is 17.5. The molecule has 0 rings (SSSR count). The molecule has 1 amide bonds. The largest absolute Gasteiger partial charge is 0.460 e. The molecule has 22 heavy (non-hydrogen) atoms. The number of nitrogens with zero attached hydrogens (tertiary/aromatic N) is 1. The lowest BCUT2D eigenvalue weighted by molar-refractivity contribution is -0.160. The number of ether oxygens (including phenoxy) is 2. The Bertz CT molecular complexity index is 366. The maximum absolute atomic E-state index is 12.1. The summed E-state index contributed by atoms with van der Waals surface area (Å²) in [5.74, 6) is -0.328. The van der Waals surface area contributed by atoms with Crippen molar-refractivity contribution in [1.82, 2.24) is 4.90 Å². The van der Waals surface area contributed by atoms with Gasteiger partial charge < -0.3 is 20.1 Å². The number of hydrogen-bond donors (Lipinski definition) is 1. The summed E-state index contributed by atoms with van der Waals surface area (Å²) in [6, 6.07) is -0.224. The lowest BCUT2D eigenvalue weighted by Gasteiger charge is -2.37. The van der Waals surface area contributed by atoms with Gasteiger partial charge in [-0.15, -0.1) is 0 Å². The van der Waals surface area contributed by atoms with Crippen molar-refractivity contribution in [1.29, 1.82) is 0 Å². The Balaban J connectivity index is 5.14. The van der Waals surface area contributed by atoms with Crippen LogP contribution in [0.2, 0.25) is 0 Å². The molecule has 0 saturated heterocycles. The first kappa shape index (κ1) is 20.9. The monoisotopic (exact) mass is 316 g/mol. The number of carbonyl (C=O) groups excluding carboxylic acids is 2. The van der Waals surface area contributed by atoms with Gasteiger partial charge in [-0.2, -0.15) is 0 Å². The summed E-state index contributed by atoms with van der Waals surface area (Å²) in [6.45, 7) is 9.48. The van der Waals surface area contributed by atoms with Crippen molar-refractivity contribution in [3.8, 4) is 0 Å². The number of nitrogens with two attached hydrogens (primary N) is 1. The smallest absolute Gasteiger partial charge is 0.309 e. The van der Waals surface area contributed by atoms with Crippen molar-refractivity contribution in [3.63, 3.8) is 0 Å². The zero-order valence-electron chi connectivity index (χ0n) is 15.0. The van der Waals surface area contributed by atoms with Crippen LogP contribution in [0.25, 0.3) is 0 Å². The summed E-state index contributed by atoms with van der Waals surface area (Å²) in [5.41, 5.74) is 4.91. The predicted molar refractivity (Wildman–Crippen MR) is 86.3 cm³/mol. The molecular weight excluding hydrogens is 284 g/mol. The molecule has 6 heteroatoms. The summed E-state index contributed by atoms with van der Waals surface area (Å²) in [7, 11) is 3.25. The third-order valence-corrected chi connectivity index (χ3v) is 3.71. The molecule has 0 radical (unpaired) electrons. The molecular formula is C16H32N2O4. The van der Waals surface area contributed by atoms with Crippen molar-refractivity contribution in [2.75, 3.05) is 20.7 Å². The number of esters is 1. The average Bonchev–Trinajstić information content (AvgIpc) is 2.42. The summed E-state index contributed by atoms with van der Waals surface area (Å²) < 4.78 is 10.9. The van der Waals surface area contributed by atoms with E-state index in [2.05, 4.69) is 0 Å². The molecule has 3 atom stereocenters. The number of likely N-dealkylation sites (N-methyl/N-ethyl adjacent to an activating group) is 1. The quantitative estimate of drug-likeness (QED) is 0.687. The van der Waals surface area contributed by atoms with Crippen LogP contribution < -0.4 is 5.73 Å². The summed E-state index contributed by atoms with van der Waals surface area (Å²) >= 11 is 0. The van der Waals surface area contributed by atoms with Crippen LogP contribution in [-0.4, -0.2) is 55.2 Å². The van der Waals surface area contributed by atoms with Crippen LogP contribution in [0.3, 0.4) is 0 Å². The fourth-order valence-corrected chi connectivity index (χ4v) is 2.44. The molecule has 0 saturated carbocycles. The van der Waals surface area contributed by atoms with E-state index in [1.54, 1.807) is 19.1 Å². The van der Waals surface area contributed by atoms with Crippen LogP contribution in [0.15, 0.2) is 0 Å². The highest BCUT2D eigenvalue weighted by molar-refractivity contribution is 5.78. The molecule has 0 bridgehead atoms. The molecule has 3 unspecified atom stereocenters. The lowest BCUT2D eigenvalue weighted by atomic mass is 9.91. The molecule has 0 fully saturated rings. The second-order valence-corrected chi connectivity index (χ2v) is 6.65. The van der Waals surface area contributed by atoms with Crippen LogP contribution in [0.5, 0.6) is 0 Å². The third-order valence-electron chi connectivity index (χ3n) is 3.71. The molecule has 0 aliphatic heterocycles. The van der Waals surface area contributed by atoms with Crippen molar-refractivity contribution >= 4 is 11.9 Å². The highest BCUT2D eigenvalue weighted by atomic mass is 16.6. The summed E-state index contributed by atoms with van der Waals surface area (Å²) in [4.78, 5) is 25.6. The van der Waals surface area contributed by atoms with Gasteiger partial charge in [0, 0.05) is 14.2 Å². The van der Waals surface area contributed by atoms with Crippen LogP contribution in [0.4, 0.5) is 0 Å². The van der Waals surface area contributed by atoms with Crippen molar-refractivity contribution in [2.45, 2.75) is 65.2 Å². The molecule has 2 N–H and O–H groups in total. The van der Waals surface area contributed by atoms with Crippen LogP contribution in [-0.2, 0) is 19.1 Å². The average molecular weight is 316 g/mol. The first-order valence-electron chi connectivity index (χ1n) is 7.77. The highest BCUT2D eigenvalue weighted by Gasteiger charge is 2.34. The van der Waals surface area contributed by atoms with E-state index in [0.717, 1.165) is 6.42 Å². The van der Waals surface area contributed by atoms with Crippen molar-refractivity contribution in [3.05, 3.63) is 0 Å². The van der Waals surface area contributed by atoms with Gasteiger partial charge in [-0.1, -0.05) is 20.3 Å². The second kappa shape index (κ2) is 9.10. The second-order valence-electron chi connectivity index (χ2n) is 6.65. The highest BCUT2D eigenvalue weighted by Crippen LogP contribution is 2.22. The maximum atomic E-state index is 12.1. The van der Waals surface area contributed by atoms with Crippen LogP contribution in [0, 0.1) is 5.92 Å². The predicted octanol–water partition coefficient (Wildman–Crippen LogP) is 1.57. The minimum absolute atomic E-state index is 0.0632. The topological polar surface area (TPSA) is 81.9 Å². The number of carbonyl (C=O) groups is 2. The first-order valence-corrected chi connectivity index (χ1v) is 7.77. The molecule has 0 aromatic heterocycles. The molecule has 0 aliphatic rings. The Labute approximate surface area is 134 Å². The van der Waals surface area contributed by atoms with Gasteiger partial charge in [-0.05, 0) is 26.7 Å². The molecule has 130 valence electrons. The van der Waals surface area contributed by atoms with Gasteiger partial charge in [0.05, 0.1) is 25.1 Å². The van der Waals surface area contributed by atoms with Gasteiger partial charge >= 0.3 is 5.97 Å². The van der Waals surface area contributed by atoms with E-state index < -0.39 is 11.7 Å². The van der Waals surface area contributed by atoms with Gasteiger partial charge in [0.2, 0.25) is 5.91 Å². The van der Waals surface area contributed by atoms with Gasteiger partial charge in [0.1, 0.15) is 5.60 Å². The van der Waals surface area contributed by atoms with Crippen molar-refractivity contribution in [2.24, 2.45) is 11.7 Å². The van der Waals surface area contributed by atoms with Crippen molar-refractivity contribution < 1.29 is 19.1 Å². The molecule has 0 spiro atoms. The summed E-state index contributed by atoms with van der Waals surface area (Å²) in [5, 5.41) is 0. The van der Waals surface area contributed by atoms with E-state index in [-0.39, 0.29) is 36.8 Å². The van der Waals surface area contributed by atoms with Gasteiger partial charge in [-0.3, -0.25) is 9.59 Å². The Kier molecular flexibility index (Phi) is 8.63. The third kappa shape index (κ3) is 6.75. The van der Waals surface area contributed by atoms with E-state index in [0.29, 0.717) is 0 Å². The molecule has 0 aromatic carbocycles. The summed E-state index contributed by atoms with van der Waals surface area (Å²) in [6.07, 6.45) is 0.539. The van der Waals surface area contributed by atoms with Crippen LogP contribution in [0.1, 0.15) is 47.5 Å². The zero-order valence-corrected chi connectivity index (χ0v) is 15.0. The standard InChI is InChI=1S/C16H32N2O4/c1-8-11(2)15(18(6)13(19)10-17)12(21-7)9-14(20)22-16(3,4)5/h11-12,15H,8-10,17H2,1-7H3. The Morgan fingerprint density at radius 2 is 1.82 bits per heavy atom. The number of rotatable bonds is 8. The van der Waals surface area contributed by atoms with Gasteiger partial charge in [0.15, 0.2) is 0 Å². The normalized spacial score (nSPS) is 15.8. The Morgan fingerprint density at radius 3 is 2.18 bits per heavy atom. The molecule has 6 nitrogen and oxygen atoms in total. The lowest BCUT2D eigenvalue weighted by Crippen LogP contribution is -2.51. The van der Waals surface area contributed by atoms with Gasteiger partial charge in [0.25, 0.3) is 0 Å². The molecule has 0 aliphatic carbocycles. The minimum Gasteiger partial charge on any atom is -0.460 e. The SMILES string of the molecule is CCC(C)C(C(CC(=O)OC(C)(C)C)OC)N(C)C(=O)CN. The number of hydrogen-bond acceptors (Lipinski definition) is 5. The minimum atomic E-state index is -0.541. The van der Waals surface area contributed by atoms with E-state index in [4.69, 9.17) is 15.2 Å². The number of amides is 1. The Morgan fingerprint density at radius 1 is 1.27 bits per heavy atom. The molecule has 0 heterocycles. The Hall–Kier alpha value is -1.14. The van der Waals surface area contributed by atoms with Crippen LogP contribution >= 0.6 is 0 Å². The maximum Gasteiger partial charge on any atom is 0.309 e. The van der Waals surface area contributed by atoms with E-state index >= 15 is 0 Å². The van der Waals surface area contributed by atoms with E-state index in [1.165, 1.54) is 0 Å². The fraction of sp³-hybridized carbons (Fsp3) is 0.875. The van der Waals surface area contributed by atoms with E-state index in [9.17, 15) is 9.59 Å².